The molecule has 0 radical (unpaired) electrons. The number of alkyl halides is 10. The van der Waals surface area contributed by atoms with Gasteiger partial charge in [-0.15, -0.1) is 13.2 Å². The molecule has 0 saturated carbocycles. The van der Waals surface area contributed by atoms with Crippen molar-refractivity contribution in [3.63, 3.8) is 0 Å². The Balaban J connectivity index is 3.47. The summed E-state index contributed by atoms with van der Waals surface area (Å²) in [5.74, 6) is -16.7. The zero-order valence-electron chi connectivity index (χ0n) is 9.26. The summed E-state index contributed by atoms with van der Waals surface area (Å²) in [6, 6.07) is 0. The number of hydrogen-bond acceptors (Lipinski definition) is 3. The zero-order chi connectivity index (χ0) is 17.8. The molecule has 1 aliphatic rings. The van der Waals surface area contributed by atoms with E-state index >= 15 is 0 Å². The van der Waals surface area contributed by atoms with Gasteiger partial charge in [0.05, 0.1) is 0 Å². The molecule has 1 heterocycles. The Kier molecular flexibility index (Phi) is 3.98. The molecule has 0 aliphatic carbocycles. The van der Waals surface area contributed by atoms with Gasteiger partial charge >= 0.3 is 42.4 Å². The van der Waals surface area contributed by atoms with Crippen LogP contribution in [0.15, 0.2) is 12.0 Å². The zero-order valence-corrected chi connectivity index (χ0v) is 9.26. The van der Waals surface area contributed by atoms with Crippen molar-refractivity contribution in [2.24, 2.45) is 0 Å². The van der Waals surface area contributed by atoms with Gasteiger partial charge in [-0.2, -0.15) is 39.5 Å². The van der Waals surface area contributed by atoms with Gasteiger partial charge in [0.25, 0.3) is 0 Å². The summed E-state index contributed by atoms with van der Waals surface area (Å²) >= 11 is 0. The third-order valence-electron chi connectivity index (χ3n) is 2.00. The van der Waals surface area contributed by atoms with E-state index in [1.54, 1.807) is 4.74 Å². The van der Waals surface area contributed by atoms with Crippen molar-refractivity contribution in [1.29, 1.82) is 0 Å². The largest absolute Gasteiger partial charge is 0.527 e. The molecule has 1 atom stereocenters. The minimum atomic E-state index is -6.84. The van der Waals surface area contributed by atoms with Gasteiger partial charge in [-0.3, -0.25) is 0 Å². The maximum Gasteiger partial charge on any atom is 0.527 e. The lowest BCUT2D eigenvalue weighted by Crippen LogP contribution is -2.70. The summed E-state index contributed by atoms with van der Waals surface area (Å²) in [5, 5.41) is 0. The van der Waals surface area contributed by atoms with Crippen LogP contribution in [0.2, 0.25) is 0 Å². The SMILES string of the molecule is FC(F)=C1OC(F)(F)C(F)(F)C(F)(C(F)(F)OC(F)(F)F)O1. The molecule has 1 unspecified atom stereocenters. The summed E-state index contributed by atoms with van der Waals surface area (Å²) in [7, 11) is 0. The van der Waals surface area contributed by atoms with E-state index in [2.05, 4.69) is 9.47 Å². The molecule has 22 heavy (non-hydrogen) atoms. The van der Waals surface area contributed by atoms with E-state index in [0.29, 0.717) is 0 Å². The third-order valence-corrected chi connectivity index (χ3v) is 2.00. The average molecular weight is 360 g/mol. The molecule has 1 saturated heterocycles. The van der Waals surface area contributed by atoms with Crippen molar-refractivity contribution < 1.29 is 66.9 Å². The van der Waals surface area contributed by atoms with E-state index in [1.807, 2.05) is 0 Å². The van der Waals surface area contributed by atoms with Crippen molar-refractivity contribution in [1.82, 2.24) is 0 Å². The molecule has 130 valence electrons. The molecule has 0 spiro atoms. The Morgan fingerprint density at radius 1 is 0.864 bits per heavy atom. The summed E-state index contributed by atoms with van der Waals surface area (Å²) in [5.41, 5.74) is 0. The lowest BCUT2D eigenvalue weighted by molar-refractivity contribution is -0.547. The van der Waals surface area contributed by atoms with Crippen molar-refractivity contribution in [3.05, 3.63) is 12.0 Å². The van der Waals surface area contributed by atoms with E-state index in [4.69, 9.17) is 0 Å². The molecule has 0 N–H and O–H groups in total. The Labute approximate surface area is 111 Å². The van der Waals surface area contributed by atoms with Gasteiger partial charge in [-0.25, -0.2) is 4.74 Å². The van der Waals surface area contributed by atoms with E-state index < -0.39 is 42.4 Å². The predicted octanol–water partition coefficient (Wildman–Crippen LogP) is 4.12. The Hall–Kier alpha value is -1.54. The summed E-state index contributed by atoms with van der Waals surface area (Å²) in [6.07, 6.45) is -23.4. The smallest absolute Gasteiger partial charge is 0.410 e. The van der Waals surface area contributed by atoms with Gasteiger partial charge in [-0.1, -0.05) is 0 Å². The topological polar surface area (TPSA) is 27.7 Å². The first-order valence-corrected chi connectivity index (χ1v) is 4.49. The van der Waals surface area contributed by atoms with Gasteiger partial charge in [-0.05, 0) is 0 Å². The molecule has 3 nitrogen and oxygen atoms in total. The van der Waals surface area contributed by atoms with Crippen molar-refractivity contribution in [3.8, 4) is 0 Å². The summed E-state index contributed by atoms with van der Waals surface area (Å²) in [6.45, 7) is 0. The molecule has 0 bridgehead atoms. The van der Waals surface area contributed by atoms with Crippen LogP contribution in [0.25, 0.3) is 0 Å². The lowest BCUT2D eigenvalue weighted by Gasteiger charge is -2.43. The summed E-state index contributed by atoms with van der Waals surface area (Å²) < 4.78 is 156. The molecule has 15 heteroatoms. The molecule has 1 aliphatic heterocycles. The second kappa shape index (κ2) is 4.73. The fraction of sp³-hybridized carbons (Fsp3) is 0.714. The van der Waals surface area contributed by atoms with Crippen molar-refractivity contribution >= 4 is 0 Å². The quantitative estimate of drug-likeness (QED) is 0.694. The van der Waals surface area contributed by atoms with Gasteiger partial charge in [0.2, 0.25) is 0 Å². The number of halogens is 12. The van der Waals surface area contributed by atoms with Gasteiger partial charge < -0.3 is 9.47 Å². The van der Waals surface area contributed by atoms with Gasteiger partial charge in [0.1, 0.15) is 0 Å². The van der Waals surface area contributed by atoms with Crippen LogP contribution in [0.5, 0.6) is 0 Å². The van der Waals surface area contributed by atoms with Crippen LogP contribution in [0.1, 0.15) is 0 Å². The molecule has 1 rings (SSSR count). The number of hydrogen-bond donors (Lipinski definition) is 0. The van der Waals surface area contributed by atoms with Crippen LogP contribution in [-0.4, -0.2) is 30.4 Å². The highest BCUT2D eigenvalue weighted by Gasteiger charge is 2.88. The van der Waals surface area contributed by atoms with Gasteiger partial charge in [0, 0.05) is 0 Å². The second-order valence-corrected chi connectivity index (χ2v) is 3.50. The first-order valence-electron chi connectivity index (χ1n) is 4.49. The van der Waals surface area contributed by atoms with Crippen molar-refractivity contribution in [2.45, 2.75) is 30.4 Å². The van der Waals surface area contributed by atoms with Crippen LogP contribution in [0.3, 0.4) is 0 Å². The van der Waals surface area contributed by atoms with Crippen molar-refractivity contribution in [2.75, 3.05) is 0 Å². The van der Waals surface area contributed by atoms with E-state index in [1.165, 1.54) is 0 Å². The fourth-order valence-corrected chi connectivity index (χ4v) is 1.11. The Bertz CT molecular complexity index is 478. The predicted molar refractivity (Wildman–Crippen MR) is 37.2 cm³/mol. The molecular formula is C7F12O3. The lowest BCUT2D eigenvalue weighted by atomic mass is 10.1. The van der Waals surface area contributed by atoms with Gasteiger partial charge in [0.15, 0.2) is 0 Å². The highest BCUT2D eigenvalue weighted by molar-refractivity contribution is 5.06. The Morgan fingerprint density at radius 3 is 1.68 bits per heavy atom. The van der Waals surface area contributed by atoms with Crippen LogP contribution >= 0.6 is 0 Å². The standard InChI is InChI=1S/C7F12O3/c8-1(9)2-20-4(12,3(10,11)5(13,14)21-2)6(15,16)22-7(17,18)19. The van der Waals surface area contributed by atoms with E-state index in [0.717, 1.165) is 0 Å². The van der Waals surface area contributed by atoms with Crippen LogP contribution in [-0.2, 0) is 14.2 Å². The molecule has 0 aromatic heterocycles. The molecule has 0 aromatic rings. The highest BCUT2D eigenvalue weighted by atomic mass is 19.4. The number of ether oxygens (including phenoxy) is 3. The monoisotopic (exact) mass is 360 g/mol. The second-order valence-electron chi connectivity index (χ2n) is 3.50. The molecular weight excluding hydrogens is 360 g/mol. The first kappa shape index (κ1) is 18.5. The first-order chi connectivity index (χ1) is 9.47. The van der Waals surface area contributed by atoms with E-state index in [-0.39, 0.29) is 0 Å². The van der Waals surface area contributed by atoms with Crippen LogP contribution < -0.4 is 0 Å². The minimum Gasteiger partial charge on any atom is -0.410 e. The maximum atomic E-state index is 13.5. The molecule has 1 fully saturated rings. The molecule has 0 aromatic carbocycles. The normalized spacial score (nSPS) is 27.9. The molecule has 0 amide bonds. The maximum absolute atomic E-state index is 13.5. The highest BCUT2D eigenvalue weighted by Crippen LogP contribution is 2.58. The summed E-state index contributed by atoms with van der Waals surface area (Å²) in [4.78, 5) is 0. The number of rotatable bonds is 2. The van der Waals surface area contributed by atoms with Crippen LogP contribution in [0.4, 0.5) is 52.7 Å². The average Bonchev–Trinajstić information content (AvgIpc) is 2.21. The Morgan fingerprint density at radius 2 is 1.32 bits per heavy atom. The minimum absolute atomic E-state index is 1.65. The fourth-order valence-electron chi connectivity index (χ4n) is 1.11. The van der Waals surface area contributed by atoms with Crippen LogP contribution in [0, 0.1) is 0 Å². The van der Waals surface area contributed by atoms with E-state index in [9.17, 15) is 52.7 Å². The third kappa shape index (κ3) is 2.72.